The highest BCUT2D eigenvalue weighted by atomic mass is 16.4. The molecule has 3 atom stereocenters. The van der Waals surface area contributed by atoms with Crippen molar-refractivity contribution in [2.24, 2.45) is 11.8 Å². The predicted octanol–water partition coefficient (Wildman–Crippen LogP) is 2.28. The van der Waals surface area contributed by atoms with E-state index in [9.17, 15) is 14.7 Å². The van der Waals surface area contributed by atoms with Gasteiger partial charge in [0.2, 0.25) is 5.91 Å². The number of aryl methyl sites for hydroxylation is 2. The van der Waals surface area contributed by atoms with Crippen LogP contribution in [0, 0.1) is 18.8 Å². The molecular weight excluding hydrogens is 282 g/mol. The van der Waals surface area contributed by atoms with Crippen molar-refractivity contribution >= 4 is 11.9 Å². The van der Waals surface area contributed by atoms with Gasteiger partial charge < -0.3 is 10.4 Å². The van der Waals surface area contributed by atoms with Crippen LogP contribution in [0.4, 0.5) is 0 Å². The van der Waals surface area contributed by atoms with Gasteiger partial charge in [-0.15, -0.1) is 0 Å². The molecule has 0 aliphatic heterocycles. The number of nitrogens with zero attached hydrogens (tertiary/aromatic N) is 2. The first-order valence-electron chi connectivity index (χ1n) is 8.01. The van der Waals surface area contributed by atoms with E-state index in [1.54, 1.807) is 0 Å². The first kappa shape index (κ1) is 16.5. The molecule has 1 aliphatic carbocycles. The minimum atomic E-state index is -0.859. The SMILES string of the molecule is CCn1cc([C@H](C)NC(=O)[C@@H]2CCCC[C@H]2C(=O)O)c(C)n1. The maximum absolute atomic E-state index is 12.5. The average molecular weight is 307 g/mol. The Hall–Kier alpha value is -1.85. The fourth-order valence-corrected chi connectivity index (χ4v) is 3.26. The molecule has 2 N–H and O–H groups in total. The van der Waals surface area contributed by atoms with Crippen LogP contribution in [0.5, 0.6) is 0 Å². The maximum atomic E-state index is 12.5. The van der Waals surface area contributed by atoms with E-state index in [4.69, 9.17) is 0 Å². The lowest BCUT2D eigenvalue weighted by Gasteiger charge is -2.28. The van der Waals surface area contributed by atoms with Gasteiger partial charge in [-0.2, -0.15) is 5.10 Å². The molecule has 0 saturated heterocycles. The second-order valence-electron chi connectivity index (χ2n) is 6.09. The summed E-state index contributed by atoms with van der Waals surface area (Å²) in [5.74, 6) is -1.98. The van der Waals surface area contributed by atoms with Crippen molar-refractivity contribution in [1.82, 2.24) is 15.1 Å². The molecule has 1 aromatic rings. The number of aliphatic carboxylic acids is 1. The number of hydrogen-bond donors (Lipinski definition) is 2. The third kappa shape index (κ3) is 3.48. The number of rotatable bonds is 5. The summed E-state index contributed by atoms with van der Waals surface area (Å²) in [5.41, 5.74) is 1.88. The van der Waals surface area contributed by atoms with Crippen LogP contribution in [-0.4, -0.2) is 26.8 Å². The van der Waals surface area contributed by atoms with Crippen molar-refractivity contribution in [2.75, 3.05) is 0 Å². The molecule has 1 fully saturated rings. The normalized spacial score (nSPS) is 23.0. The summed E-state index contributed by atoms with van der Waals surface area (Å²) in [6, 6.07) is -0.163. The topological polar surface area (TPSA) is 84.2 Å². The molecule has 6 heteroatoms. The molecule has 6 nitrogen and oxygen atoms in total. The molecule has 122 valence electrons. The molecule has 1 heterocycles. The Balaban J connectivity index is 2.06. The average Bonchev–Trinajstić information content (AvgIpc) is 2.88. The van der Waals surface area contributed by atoms with Crippen LogP contribution in [0.15, 0.2) is 6.20 Å². The molecule has 0 unspecified atom stereocenters. The van der Waals surface area contributed by atoms with Gasteiger partial charge in [0, 0.05) is 18.3 Å². The molecule has 1 aliphatic rings. The monoisotopic (exact) mass is 307 g/mol. The van der Waals surface area contributed by atoms with Gasteiger partial charge in [-0.05, 0) is 33.6 Å². The molecule has 1 amide bonds. The Labute approximate surface area is 130 Å². The third-order valence-electron chi connectivity index (χ3n) is 4.55. The van der Waals surface area contributed by atoms with Crippen molar-refractivity contribution in [3.8, 4) is 0 Å². The van der Waals surface area contributed by atoms with Gasteiger partial charge in [0.25, 0.3) is 0 Å². The van der Waals surface area contributed by atoms with Crippen LogP contribution < -0.4 is 5.32 Å². The number of hydrogen-bond acceptors (Lipinski definition) is 3. The zero-order valence-electron chi connectivity index (χ0n) is 13.5. The summed E-state index contributed by atoms with van der Waals surface area (Å²) >= 11 is 0. The molecule has 2 rings (SSSR count). The van der Waals surface area contributed by atoms with Gasteiger partial charge >= 0.3 is 5.97 Å². The maximum Gasteiger partial charge on any atom is 0.307 e. The van der Waals surface area contributed by atoms with E-state index in [-0.39, 0.29) is 11.9 Å². The Kier molecular flexibility index (Phi) is 5.21. The summed E-state index contributed by atoms with van der Waals surface area (Å²) in [6.45, 7) is 6.63. The summed E-state index contributed by atoms with van der Waals surface area (Å²) in [7, 11) is 0. The standard InChI is InChI=1S/C16H25N3O3/c1-4-19-9-14(11(3)18-19)10(2)17-15(20)12-7-5-6-8-13(12)16(21)22/h9-10,12-13H,4-8H2,1-3H3,(H,17,20)(H,21,22)/t10-,12+,13+/m0/s1. The Morgan fingerprint density at radius 2 is 2.05 bits per heavy atom. The van der Waals surface area contributed by atoms with Gasteiger partial charge in [-0.3, -0.25) is 14.3 Å². The summed E-state index contributed by atoms with van der Waals surface area (Å²) in [5, 5.41) is 16.7. The van der Waals surface area contributed by atoms with Gasteiger partial charge in [-0.1, -0.05) is 12.8 Å². The fraction of sp³-hybridized carbons (Fsp3) is 0.688. The van der Waals surface area contributed by atoms with Crippen LogP contribution in [0.1, 0.15) is 56.8 Å². The molecular formula is C16H25N3O3. The van der Waals surface area contributed by atoms with E-state index >= 15 is 0 Å². The van der Waals surface area contributed by atoms with Crippen molar-refractivity contribution in [3.63, 3.8) is 0 Å². The van der Waals surface area contributed by atoms with Crippen molar-refractivity contribution in [3.05, 3.63) is 17.5 Å². The lowest BCUT2D eigenvalue weighted by molar-refractivity contribution is -0.149. The molecule has 0 spiro atoms. The van der Waals surface area contributed by atoms with Gasteiger partial charge in [0.05, 0.1) is 23.6 Å². The lowest BCUT2D eigenvalue weighted by atomic mass is 9.78. The van der Waals surface area contributed by atoms with Crippen LogP contribution in [-0.2, 0) is 16.1 Å². The first-order valence-corrected chi connectivity index (χ1v) is 8.01. The minimum absolute atomic E-state index is 0.150. The lowest BCUT2D eigenvalue weighted by Crippen LogP contribution is -2.40. The summed E-state index contributed by atoms with van der Waals surface area (Å²) in [6.07, 6.45) is 4.99. The third-order valence-corrected chi connectivity index (χ3v) is 4.55. The Bertz CT molecular complexity index is 553. The highest BCUT2D eigenvalue weighted by molar-refractivity contribution is 5.85. The fourth-order valence-electron chi connectivity index (χ4n) is 3.26. The van der Waals surface area contributed by atoms with E-state index < -0.39 is 17.8 Å². The van der Waals surface area contributed by atoms with Gasteiger partial charge in [0.15, 0.2) is 0 Å². The zero-order chi connectivity index (χ0) is 16.3. The molecule has 0 radical (unpaired) electrons. The highest BCUT2D eigenvalue weighted by Crippen LogP contribution is 2.31. The number of nitrogens with one attached hydrogen (secondary N) is 1. The van der Waals surface area contributed by atoms with E-state index in [1.807, 2.05) is 31.6 Å². The van der Waals surface area contributed by atoms with Crippen LogP contribution in [0.3, 0.4) is 0 Å². The summed E-state index contributed by atoms with van der Waals surface area (Å²) in [4.78, 5) is 23.8. The highest BCUT2D eigenvalue weighted by Gasteiger charge is 2.36. The van der Waals surface area contributed by atoms with Crippen molar-refractivity contribution < 1.29 is 14.7 Å². The zero-order valence-corrected chi connectivity index (χ0v) is 13.5. The second kappa shape index (κ2) is 6.94. The number of carbonyl (C=O) groups is 2. The van der Waals surface area contributed by atoms with Gasteiger partial charge in [0.1, 0.15) is 0 Å². The minimum Gasteiger partial charge on any atom is -0.481 e. The van der Waals surface area contributed by atoms with Crippen LogP contribution >= 0.6 is 0 Å². The Morgan fingerprint density at radius 1 is 1.41 bits per heavy atom. The molecule has 1 aromatic heterocycles. The molecule has 22 heavy (non-hydrogen) atoms. The van der Waals surface area contributed by atoms with E-state index in [1.165, 1.54) is 0 Å². The molecule has 1 saturated carbocycles. The quantitative estimate of drug-likeness (QED) is 0.874. The van der Waals surface area contributed by atoms with E-state index in [2.05, 4.69) is 10.4 Å². The molecule has 0 aromatic carbocycles. The van der Waals surface area contributed by atoms with E-state index in [0.717, 1.165) is 30.6 Å². The number of carbonyl (C=O) groups excluding carboxylic acids is 1. The van der Waals surface area contributed by atoms with Crippen LogP contribution in [0.2, 0.25) is 0 Å². The number of carboxylic acids is 1. The number of carboxylic acid groups (broad SMARTS) is 1. The summed E-state index contributed by atoms with van der Waals surface area (Å²) < 4.78 is 1.84. The van der Waals surface area contributed by atoms with Gasteiger partial charge in [-0.25, -0.2) is 0 Å². The number of aromatic nitrogens is 2. The van der Waals surface area contributed by atoms with Crippen LogP contribution in [0.25, 0.3) is 0 Å². The largest absolute Gasteiger partial charge is 0.481 e. The van der Waals surface area contributed by atoms with E-state index in [0.29, 0.717) is 12.8 Å². The Morgan fingerprint density at radius 3 is 2.59 bits per heavy atom. The predicted molar refractivity (Wildman–Crippen MR) is 82.3 cm³/mol. The number of amides is 1. The smallest absolute Gasteiger partial charge is 0.307 e. The molecule has 0 bridgehead atoms. The van der Waals surface area contributed by atoms with Crippen molar-refractivity contribution in [2.45, 2.75) is 59.0 Å². The van der Waals surface area contributed by atoms with Crippen molar-refractivity contribution in [1.29, 1.82) is 0 Å². The first-order chi connectivity index (χ1) is 10.4. The second-order valence-corrected chi connectivity index (χ2v) is 6.09.